The molecule has 2 aromatic heterocycles. The van der Waals surface area contributed by atoms with Gasteiger partial charge in [-0.05, 0) is 36.7 Å². The molecule has 126 valence electrons. The van der Waals surface area contributed by atoms with Crippen molar-refractivity contribution in [3.8, 4) is 16.9 Å². The zero-order chi connectivity index (χ0) is 17.3. The highest BCUT2D eigenvalue weighted by Crippen LogP contribution is 2.46. The van der Waals surface area contributed by atoms with E-state index in [0.29, 0.717) is 5.69 Å². The number of carbonyl (C=O) groups excluding carboxylic acids is 1. The first kappa shape index (κ1) is 14.5. The second-order valence-corrected chi connectivity index (χ2v) is 7.03. The van der Waals surface area contributed by atoms with Crippen molar-refractivity contribution in [3.63, 3.8) is 0 Å². The molecule has 5 heteroatoms. The third-order valence-corrected chi connectivity index (χ3v) is 5.57. The van der Waals surface area contributed by atoms with Crippen molar-refractivity contribution in [1.82, 2.24) is 14.5 Å². The van der Waals surface area contributed by atoms with E-state index in [1.165, 1.54) is 5.56 Å². The number of phenolic OH excluding ortho intramolecular Hbond substituents is 1. The molecule has 0 amide bonds. The maximum Gasteiger partial charge on any atom is 0.226 e. The number of aryl methyl sites for hydroxylation is 1. The van der Waals surface area contributed by atoms with Gasteiger partial charge in [-0.2, -0.15) is 0 Å². The Hall–Kier alpha value is -2.79. The van der Waals surface area contributed by atoms with Crippen LogP contribution in [0.3, 0.4) is 0 Å². The lowest BCUT2D eigenvalue weighted by Crippen LogP contribution is -2.36. The summed E-state index contributed by atoms with van der Waals surface area (Å²) in [5, 5.41) is 9.58. The Morgan fingerprint density at radius 3 is 2.68 bits per heavy atom. The number of hydrogen-bond acceptors (Lipinski definition) is 3. The Kier molecular flexibility index (Phi) is 2.83. The minimum Gasteiger partial charge on any atom is -0.508 e. The third kappa shape index (κ3) is 1.84. The second-order valence-electron chi connectivity index (χ2n) is 7.03. The highest BCUT2D eigenvalue weighted by Gasteiger charge is 2.42. The number of hydrogen-bond donors (Lipinski definition) is 2. The van der Waals surface area contributed by atoms with Crippen LogP contribution in [0.1, 0.15) is 38.9 Å². The second kappa shape index (κ2) is 4.86. The molecule has 0 saturated carbocycles. The minimum absolute atomic E-state index is 0.0651. The number of nitrogens with one attached hydrogen (secondary N) is 1. The fourth-order valence-corrected chi connectivity index (χ4v) is 4.41. The van der Waals surface area contributed by atoms with Crippen molar-refractivity contribution in [2.75, 3.05) is 13.6 Å². The molecule has 25 heavy (non-hydrogen) atoms. The number of rotatable bonds is 1. The SMILES string of the molecule is CN1CCc2cn(C)c3c2C1c1c(-c2ccc(O)cc2)c[nH]c1C3=O. The molecule has 2 N–H and O–H groups in total. The number of nitrogens with zero attached hydrogens (tertiary/aromatic N) is 2. The fraction of sp³-hybridized carbons (Fsp3) is 0.250. The Labute approximate surface area is 145 Å². The highest BCUT2D eigenvalue weighted by molar-refractivity contribution is 6.12. The van der Waals surface area contributed by atoms with E-state index in [-0.39, 0.29) is 17.6 Å². The molecule has 0 saturated heterocycles. The van der Waals surface area contributed by atoms with Crippen molar-refractivity contribution in [3.05, 3.63) is 64.7 Å². The van der Waals surface area contributed by atoms with Crippen LogP contribution in [-0.4, -0.2) is 38.9 Å². The number of likely N-dealkylation sites (N-methyl/N-ethyl adjacent to an activating group) is 1. The normalized spacial score (nSPS) is 19.0. The minimum atomic E-state index is 0.0651. The summed E-state index contributed by atoms with van der Waals surface area (Å²) in [6, 6.07) is 7.25. The predicted molar refractivity (Wildman–Crippen MR) is 94.9 cm³/mol. The average molecular weight is 333 g/mol. The Morgan fingerprint density at radius 2 is 1.92 bits per heavy atom. The number of phenols is 1. The van der Waals surface area contributed by atoms with E-state index >= 15 is 0 Å². The monoisotopic (exact) mass is 333 g/mol. The van der Waals surface area contributed by atoms with Crippen molar-refractivity contribution >= 4 is 5.78 Å². The van der Waals surface area contributed by atoms with Gasteiger partial charge in [-0.15, -0.1) is 0 Å². The molecule has 1 aromatic carbocycles. The van der Waals surface area contributed by atoms with E-state index in [1.54, 1.807) is 12.1 Å². The summed E-state index contributed by atoms with van der Waals surface area (Å²) in [5.41, 5.74) is 7.01. The van der Waals surface area contributed by atoms with Crippen LogP contribution in [0.15, 0.2) is 36.7 Å². The predicted octanol–water partition coefficient (Wildman–Crippen LogP) is 2.85. The van der Waals surface area contributed by atoms with Crippen LogP contribution >= 0.6 is 0 Å². The topological polar surface area (TPSA) is 61.3 Å². The largest absolute Gasteiger partial charge is 0.508 e. The maximum absolute atomic E-state index is 13.1. The van der Waals surface area contributed by atoms with Crippen LogP contribution in [0.4, 0.5) is 0 Å². The highest BCUT2D eigenvalue weighted by atomic mass is 16.3. The van der Waals surface area contributed by atoms with Crippen molar-refractivity contribution in [2.45, 2.75) is 12.5 Å². The molecule has 0 fully saturated rings. The van der Waals surface area contributed by atoms with Gasteiger partial charge in [-0.1, -0.05) is 12.1 Å². The number of fused-ring (bicyclic) bond motifs is 2. The summed E-state index contributed by atoms with van der Waals surface area (Å²) >= 11 is 0. The Bertz CT molecular complexity index is 1010. The molecular weight excluding hydrogens is 314 g/mol. The van der Waals surface area contributed by atoms with Gasteiger partial charge < -0.3 is 14.7 Å². The fourth-order valence-electron chi connectivity index (χ4n) is 4.41. The van der Waals surface area contributed by atoms with E-state index in [4.69, 9.17) is 0 Å². The van der Waals surface area contributed by atoms with E-state index < -0.39 is 0 Å². The number of carbonyl (C=O) groups is 1. The van der Waals surface area contributed by atoms with Crippen LogP contribution in [-0.2, 0) is 13.5 Å². The van der Waals surface area contributed by atoms with Gasteiger partial charge in [0.2, 0.25) is 5.78 Å². The van der Waals surface area contributed by atoms with Crippen molar-refractivity contribution < 1.29 is 9.90 Å². The molecule has 1 aliphatic carbocycles. The van der Waals surface area contributed by atoms with Crippen molar-refractivity contribution in [2.24, 2.45) is 7.05 Å². The number of aromatic hydroxyl groups is 1. The quantitative estimate of drug-likeness (QED) is 0.720. The van der Waals surface area contributed by atoms with Gasteiger partial charge in [0.05, 0.1) is 17.4 Å². The maximum atomic E-state index is 13.1. The van der Waals surface area contributed by atoms with Crippen LogP contribution in [0.5, 0.6) is 5.75 Å². The van der Waals surface area contributed by atoms with Gasteiger partial charge in [0, 0.05) is 42.7 Å². The zero-order valence-electron chi connectivity index (χ0n) is 14.2. The molecule has 3 heterocycles. The van der Waals surface area contributed by atoms with Gasteiger partial charge in [0.1, 0.15) is 5.75 Å². The summed E-state index contributed by atoms with van der Waals surface area (Å²) in [6.45, 7) is 0.967. The summed E-state index contributed by atoms with van der Waals surface area (Å²) in [6.07, 6.45) is 5.00. The molecule has 0 spiro atoms. The Balaban J connectivity index is 1.78. The third-order valence-electron chi connectivity index (χ3n) is 5.57. The molecular formula is C20H19N3O2. The lowest BCUT2D eigenvalue weighted by molar-refractivity contribution is 0.101. The van der Waals surface area contributed by atoms with Gasteiger partial charge in [0.25, 0.3) is 0 Å². The lowest BCUT2D eigenvalue weighted by Gasteiger charge is -2.36. The van der Waals surface area contributed by atoms with Crippen LogP contribution in [0, 0.1) is 0 Å². The number of benzene rings is 1. The number of H-pyrrole nitrogens is 1. The summed E-state index contributed by atoms with van der Waals surface area (Å²) in [5.74, 6) is 0.307. The average Bonchev–Trinajstić information content (AvgIpc) is 3.17. The standard InChI is InChI=1S/C20H19N3O2/c1-22-8-7-12-10-23(2)19-15(12)18(22)16-14(9-21-17(16)20(19)25)11-3-5-13(24)6-4-11/h3-6,9-10,18,21,24H,7-8H2,1-2H3. The Morgan fingerprint density at radius 1 is 1.16 bits per heavy atom. The van der Waals surface area contributed by atoms with Gasteiger partial charge in [0.15, 0.2) is 0 Å². The summed E-state index contributed by atoms with van der Waals surface area (Å²) < 4.78 is 1.98. The van der Waals surface area contributed by atoms with Crippen LogP contribution < -0.4 is 0 Å². The van der Waals surface area contributed by atoms with Crippen molar-refractivity contribution in [1.29, 1.82) is 0 Å². The molecule has 0 radical (unpaired) electrons. The van der Waals surface area contributed by atoms with Gasteiger partial charge in [-0.25, -0.2) is 0 Å². The van der Waals surface area contributed by atoms with Gasteiger partial charge in [-0.3, -0.25) is 9.69 Å². The summed E-state index contributed by atoms with van der Waals surface area (Å²) in [4.78, 5) is 18.7. The molecule has 1 aliphatic heterocycles. The van der Waals surface area contributed by atoms with Crippen LogP contribution in [0.2, 0.25) is 0 Å². The number of aromatic amines is 1. The van der Waals surface area contributed by atoms with E-state index in [0.717, 1.165) is 40.9 Å². The number of aromatic nitrogens is 2. The first-order valence-corrected chi connectivity index (χ1v) is 8.50. The molecule has 5 nitrogen and oxygen atoms in total. The van der Waals surface area contributed by atoms with E-state index in [2.05, 4.69) is 23.1 Å². The molecule has 1 unspecified atom stereocenters. The van der Waals surface area contributed by atoms with Crippen LogP contribution in [0.25, 0.3) is 11.1 Å². The molecule has 1 atom stereocenters. The molecule has 5 rings (SSSR count). The number of ketones is 1. The molecule has 3 aromatic rings. The van der Waals surface area contributed by atoms with Gasteiger partial charge >= 0.3 is 0 Å². The first-order chi connectivity index (χ1) is 12.1. The van der Waals surface area contributed by atoms with E-state index in [1.807, 2.05) is 29.9 Å². The molecule has 2 aliphatic rings. The first-order valence-electron chi connectivity index (χ1n) is 8.50. The van der Waals surface area contributed by atoms with E-state index in [9.17, 15) is 9.90 Å². The summed E-state index contributed by atoms with van der Waals surface area (Å²) in [7, 11) is 4.08. The lowest BCUT2D eigenvalue weighted by atomic mass is 9.81. The molecule has 0 bridgehead atoms. The smallest absolute Gasteiger partial charge is 0.226 e. The zero-order valence-corrected chi connectivity index (χ0v) is 14.2.